The molecule has 0 saturated heterocycles. The van der Waals surface area contributed by atoms with E-state index in [4.69, 9.17) is 0 Å². The molecule has 2 nitrogen and oxygen atoms in total. The second kappa shape index (κ2) is 38.0. The number of allylic oxidation sites excluding steroid dienone is 2. The van der Waals surface area contributed by atoms with Gasteiger partial charge in [0.15, 0.2) is 0 Å². The first-order chi connectivity index (χ1) is 33.9. The number of hydrogen-bond donors (Lipinski definition) is 0. The minimum absolute atomic E-state index is 0.896. The number of aryl methyl sites for hydroxylation is 4. The van der Waals surface area contributed by atoms with Gasteiger partial charge in [-0.3, -0.25) is 0 Å². The van der Waals surface area contributed by atoms with E-state index in [0.717, 1.165) is 61.3 Å². The number of unbranched alkanes of at least 4 members (excludes halogenated alkanes) is 12. The molecule has 0 fully saturated rings. The normalized spacial score (nSPS) is 11.5. The molecule has 4 rings (SSSR count). The van der Waals surface area contributed by atoms with Crippen LogP contribution in [0.15, 0.2) is 96.1 Å². The van der Waals surface area contributed by atoms with Gasteiger partial charge in [0.1, 0.15) is 0 Å². The van der Waals surface area contributed by atoms with E-state index in [9.17, 15) is 5.53 Å². The molecule has 0 spiro atoms. The van der Waals surface area contributed by atoms with Crippen LogP contribution in [-0.2, 0) is 63.7 Å². The zero-order valence-electron chi connectivity index (χ0n) is 45.5. The van der Waals surface area contributed by atoms with Crippen LogP contribution >= 0.6 is 0 Å². The third-order valence-corrected chi connectivity index (χ3v) is 15.0. The first-order valence-electron chi connectivity index (χ1n) is 28.4. The summed E-state index contributed by atoms with van der Waals surface area (Å²) in [6, 6.07) is 31.8. The van der Waals surface area contributed by atoms with E-state index in [-0.39, 0.29) is 0 Å². The van der Waals surface area contributed by atoms with Gasteiger partial charge in [0.2, 0.25) is 0 Å². The molecule has 4 aromatic rings. The van der Waals surface area contributed by atoms with E-state index in [1.54, 1.807) is 47.8 Å². The average Bonchev–Trinajstić information content (AvgIpc) is 3.37. The van der Waals surface area contributed by atoms with Crippen molar-refractivity contribution in [3.05, 3.63) is 157 Å². The predicted octanol–water partition coefficient (Wildman–Crippen LogP) is 19.8. The monoisotopic (exact) mass is 977 g/mol. The van der Waals surface area contributed by atoms with E-state index in [1.165, 1.54) is 168 Å². The van der Waals surface area contributed by atoms with Crippen LogP contribution in [0.1, 0.15) is 252 Å². The molecule has 0 N–H and O–H groups in total. The molecule has 0 aliphatic heterocycles. The molecule has 382 valence electrons. The van der Waals surface area contributed by atoms with Crippen molar-refractivity contribution in [1.29, 1.82) is 0 Å². The minimum atomic E-state index is 0.896. The van der Waals surface area contributed by atoms with Crippen LogP contribution in [-0.4, -0.2) is 10.7 Å². The molecule has 0 aliphatic rings. The summed E-state index contributed by atoms with van der Waals surface area (Å²) in [6.07, 6.45) is 33.4. The van der Waals surface area contributed by atoms with Crippen molar-refractivity contribution in [2.45, 2.75) is 246 Å². The SMILES string of the molecule is CCCCCC(C(=C=[N+]=[N-])CCCC)=C(c1cc(CCCC)c(CCCC)c(CCCC)c1)c1cc(CCCCC)c(CCCCC)c(CCCCC)c1.c1ccc([CH2][Ni][CH2]c2ccccc2)cc1. The van der Waals surface area contributed by atoms with E-state index >= 15 is 0 Å². The van der Waals surface area contributed by atoms with Crippen molar-refractivity contribution >= 4 is 11.4 Å². The van der Waals surface area contributed by atoms with Crippen LogP contribution in [0.2, 0.25) is 0 Å². The Morgan fingerprint density at radius 3 is 1.19 bits per heavy atom. The zero-order chi connectivity index (χ0) is 49.7. The molecular formula is C66H98N2Ni. The second-order valence-corrected chi connectivity index (χ2v) is 20.9. The summed E-state index contributed by atoms with van der Waals surface area (Å²) in [4.78, 5) is 3.64. The summed E-state index contributed by atoms with van der Waals surface area (Å²) in [5, 5.41) is 2.23. The van der Waals surface area contributed by atoms with Crippen LogP contribution in [0.25, 0.3) is 11.1 Å². The summed E-state index contributed by atoms with van der Waals surface area (Å²) in [5.74, 6) is 3.20. The fourth-order valence-corrected chi connectivity index (χ4v) is 10.9. The number of nitrogens with zero attached hydrogens (tertiary/aromatic N) is 2. The molecule has 0 bridgehead atoms. The van der Waals surface area contributed by atoms with Crippen LogP contribution in [0.5, 0.6) is 0 Å². The van der Waals surface area contributed by atoms with Crippen molar-refractivity contribution < 1.29 is 19.2 Å². The summed E-state index contributed by atoms with van der Waals surface area (Å²) in [6.45, 7) is 18.6. The Labute approximate surface area is 431 Å². The summed E-state index contributed by atoms with van der Waals surface area (Å²) < 4.78 is 0. The van der Waals surface area contributed by atoms with Gasteiger partial charge in [-0.25, -0.2) is 0 Å². The fraction of sp³-hybridized carbons (Fsp3) is 0.576. The third kappa shape index (κ3) is 22.5. The molecule has 0 radical (unpaired) electrons. The maximum atomic E-state index is 10.1. The Hall–Kier alpha value is -3.73. The number of hydrogen-bond acceptors (Lipinski definition) is 0. The van der Waals surface area contributed by atoms with Crippen molar-refractivity contribution in [2.75, 3.05) is 0 Å². The van der Waals surface area contributed by atoms with Gasteiger partial charge in [-0.1, -0.05) is 157 Å². The van der Waals surface area contributed by atoms with Crippen LogP contribution < -0.4 is 0 Å². The average molecular weight is 978 g/mol. The first-order valence-corrected chi connectivity index (χ1v) is 29.8. The van der Waals surface area contributed by atoms with Crippen LogP contribution in [0.4, 0.5) is 0 Å². The first kappa shape index (κ1) is 59.6. The molecule has 3 heteroatoms. The zero-order valence-corrected chi connectivity index (χ0v) is 46.5. The van der Waals surface area contributed by atoms with Crippen molar-refractivity contribution in [3.63, 3.8) is 0 Å². The van der Waals surface area contributed by atoms with Gasteiger partial charge in [-0.15, -0.1) is 4.79 Å². The molecule has 0 atom stereocenters. The van der Waals surface area contributed by atoms with Gasteiger partial charge >= 0.3 is 103 Å². The van der Waals surface area contributed by atoms with Gasteiger partial charge in [-0.2, -0.15) is 0 Å². The van der Waals surface area contributed by atoms with Gasteiger partial charge in [0.05, 0.1) is 5.57 Å². The summed E-state index contributed by atoms with van der Waals surface area (Å²) in [7, 11) is 0. The Morgan fingerprint density at radius 2 is 0.783 bits per heavy atom. The standard InChI is InChI=1S/C52H84N2.2C7H7.Ni/c1-9-17-25-32-44-39-48(40-45(33-26-18-10-2)50(44)35-27-19-11-3)52(51(36-28-20-12-4)46(41-54-53)31-23-15-7)47-37-42(29-21-13-5)49(34-24-16-8)43(38-47)30-22-14-6;2*1-7-5-3-2-4-6-7;/h37-40H,9-36H2,1-8H3;2*2-6H,1H2;. The van der Waals surface area contributed by atoms with Gasteiger partial charge < -0.3 is 5.53 Å². The van der Waals surface area contributed by atoms with E-state index < -0.39 is 0 Å². The molecule has 4 aromatic carbocycles. The molecule has 69 heavy (non-hydrogen) atoms. The van der Waals surface area contributed by atoms with Crippen molar-refractivity contribution in [2.24, 2.45) is 0 Å². The predicted molar refractivity (Wildman–Crippen MR) is 301 cm³/mol. The molecule has 0 heterocycles. The van der Waals surface area contributed by atoms with Crippen LogP contribution in [0, 0.1) is 0 Å². The topological polar surface area (TPSA) is 36.4 Å². The Bertz CT molecular complexity index is 1980. The fourth-order valence-electron chi connectivity index (χ4n) is 9.70. The van der Waals surface area contributed by atoms with Crippen molar-refractivity contribution in [1.82, 2.24) is 0 Å². The molecule has 0 amide bonds. The van der Waals surface area contributed by atoms with E-state index in [0.29, 0.717) is 0 Å². The maximum absolute atomic E-state index is 10.1. The molecule has 0 saturated carbocycles. The van der Waals surface area contributed by atoms with Gasteiger partial charge in [0.25, 0.3) is 0 Å². The van der Waals surface area contributed by atoms with Gasteiger partial charge in [0, 0.05) is 0 Å². The van der Waals surface area contributed by atoms with Gasteiger partial charge in [-0.05, 0) is 158 Å². The quantitative estimate of drug-likeness (QED) is 0.0110. The Morgan fingerprint density at radius 1 is 0.420 bits per heavy atom. The Kier molecular flexibility index (Phi) is 32.8. The number of benzene rings is 4. The Balaban J connectivity index is 0.000000703. The second-order valence-electron chi connectivity index (χ2n) is 19.7. The molecule has 0 unspecified atom stereocenters. The van der Waals surface area contributed by atoms with E-state index in [2.05, 4.69) is 151 Å². The number of rotatable bonds is 35. The summed E-state index contributed by atoms with van der Waals surface area (Å²) in [5.41, 5.74) is 29.3. The van der Waals surface area contributed by atoms with Crippen LogP contribution in [0.3, 0.4) is 0 Å². The van der Waals surface area contributed by atoms with E-state index in [1.807, 2.05) is 0 Å². The molecular weight excluding hydrogens is 879 g/mol. The molecule has 0 aliphatic carbocycles. The summed E-state index contributed by atoms with van der Waals surface area (Å²) >= 11 is 1.78. The third-order valence-electron chi connectivity index (χ3n) is 13.7. The molecule has 0 aromatic heterocycles. The van der Waals surface area contributed by atoms with Crippen molar-refractivity contribution in [3.8, 4) is 0 Å².